The molecule has 0 heterocycles. The number of nitrogens with two attached hydrogens (primary N) is 1. The first kappa shape index (κ1) is 14.5. The molecule has 1 aromatic carbocycles. The molecule has 0 saturated heterocycles. The second-order valence-corrected chi connectivity index (χ2v) is 4.69. The third kappa shape index (κ3) is 4.04. The van der Waals surface area contributed by atoms with Crippen LogP contribution >= 0.6 is 0 Å². The van der Waals surface area contributed by atoms with Crippen LogP contribution in [-0.4, -0.2) is 36.2 Å². The monoisotopic (exact) mass is 288 g/mol. The highest BCUT2D eigenvalue weighted by Gasteiger charge is 2.40. The summed E-state index contributed by atoms with van der Waals surface area (Å²) in [6.07, 6.45) is -3.19. The van der Waals surface area contributed by atoms with Crippen molar-refractivity contribution in [2.75, 3.05) is 18.9 Å². The molecule has 110 valence electrons. The van der Waals surface area contributed by atoms with E-state index in [0.29, 0.717) is 24.3 Å². The lowest BCUT2D eigenvalue weighted by molar-refractivity contribution is -0.163. The van der Waals surface area contributed by atoms with Gasteiger partial charge in [-0.2, -0.15) is 13.2 Å². The number of carbonyl (C=O) groups excluding carboxylic acids is 1. The Bertz CT molecular complexity index is 487. The van der Waals surface area contributed by atoms with Crippen molar-refractivity contribution in [1.29, 1.82) is 0 Å². The van der Waals surface area contributed by atoms with E-state index < -0.39 is 25.2 Å². The Morgan fingerprint density at radius 2 is 2.00 bits per heavy atom. The summed E-state index contributed by atoms with van der Waals surface area (Å²) in [6, 6.07) is 6.21. The van der Waals surface area contributed by atoms with Crippen molar-refractivity contribution in [1.82, 2.24) is 4.90 Å². The van der Waals surface area contributed by atoms with Gasteiger partial charge in [-0.15, -0.1) is 0 Å². The van der Waals surface area contributed by atoms with Crippen LogP contribution in [0.25, 0.3) is 0 Å². The maximum absolute atomic E-state index is 12.4. The second kappa shape index (κ2) is 5.60. The molecule has 1 amide bonds. The average molecular weight is 288 g/mol. The van der Waals surface area contributed by atoms with Gasteiger partial charge >= 0.3 is 6.18 Å². The molecular formula is C13H15F3N2O2. The van der Waals surface area contributed by atoms with E-state index in [4.69, 9.17) is 10.5 Å². The fourth-order valence-electron chi connectivity index (χ4n) is 1.83. The number of hydrogen-bond donors (Lipinski definition) is 1. The Labute approximate surface area is 114 Å². The van der Waals surface area contributed by atoms with Gasteiger partial charge in [0.05, 0.1) is 5.69 Å². The number of para-hydroxylation sites is 2. The normalized spacial score (nSPS) is 14.9. The van der Waals surface area contributed by atoms with E-state index >= 15 is 0 Å². The molecule has 1 aromatic rings. The van der Waals surface area contributed by atoms with E-state index in [1.807, 2.05) is 0 Å². The van der Waals surface area contributed by atoms with Crippen molar-refractivity contribution < 1.29 is 22.7 Å². The van der Waals surface area contributed by atoms with Gasteiger partial charge in [0.1, 0.15) is 12.3 Å². The number of halogens is 3. The van der Waals surface area contributed by atoms with Crippen LogP contribution in [0.2, 0.25) is 0 Å². The van der Waals surface area contributed by atoms with E-state index in [2.05, 4.69) is 0 Å². The molecule has 1 saturated carbocycles. The second-order valence-electron chi connectivity index (χ2n) is 4.69. The van der Waals surface area contributed by atoms with Gasteiger partial charge in [0.25, 0.3) is 5.91 Å². The van der Waals surface area contributed by atoms with Crippen LogP contribution in [0.5, 0.6) is 5.75 Å². The van der Waals surface area contributed by atoms with Crippen LogP contribution in [-0.2, 0) is 4.79 Å². The van der Waals surface area contributed by atoms with Gasteiger partial charge < -0.3 is 15.4 Å². The van der Waals surface area contributed by atoms with Crippen molar-refractivity contribution >= 4 is 11.6 Å². The molecule has 1 fully saturated rings. The molecule has 0 spiro atoms. The Morgan fingerprint density at radius 3 is 2.55 bits per heavy atom. The van der Waals surface area contributed by atoms with Crippen LogP contribution in [0.4, 0.5) is 18.9 Å². The molecule has 2 N–H and O–H groups in total. The number of rotatable bonds is 5. The van der Waals surface area contributed by atoms with Gasteiger partial charge in [0.15, 0.2) is 6.61 Å². The van der Waals surface area contributed by atoms with Crippen molar-refractivity contribution in [2.24, 2.45) is 0 Å². The third-order valence-corrected chi connectivity index (χ3v) is 2.93. The molecule has 0 bridgehead atoms. The highest BCUT2D eigenvalue weighted by molar-refractivity contribution is 5.78. The number of amides is 1. The van der Waals surface area contributed by atoms with Gasteiger partial charge in [-0.3, -0.25) is 4.79 Å². The molecule has 0 radical (unpaired) electrons. The number of anilines is 1. The number of nitrogen functional groups attached to an aromatic ring is 1. The number of nitrogens with zero attached hydrogens (tertiary/aromatic N) is 1. The minimum atomic E-state index is -4.40. The highest BCUT2D eigenvalue weighted by Crippen LogP contribution is 2.30. The summed E-state index contributed by atoms with van der Waals surface area (Å²) in [5, 5.41) is 0. The van der Waals surface area contributed by atoms with Crippen LogP contribution < -0.4 is 10.5 Å². The van der Waals surface area contributed by atoms with Gasteiger partial charge in [-0.25, -0.2) is 0 Å². The minimum absolute atomic E-state index is 0.295. The topological polar surface area (TPSA) is 55.6 Å². The zero-order valence-corrected chi connectivity index (χ0v) is 10.7. The van der Waals surface area contributed by atoms with Crippen LogP contribution in [0.3, 0.4) is 0 Å². The maximum atomic E-state index is 12.4. The summed E-state index contributed by atoms with van der Waals surface area (Å²) in [6.45, 7) is -1.68. The van der Waals surface area contributed by atoms with Crippen LogP contribution in [0, 0.1) is 0 Å². The Balaban J connectivity index is 1.94. The first-order valence-corrected chi connectivity index (χ1v) is 6.20. The first-order chi connectivity index (χ1) is 9.37. The molecule has 0 aliphatic heterocycles. The average Bonchev–Trinajstić information content (AvgIpc) is 3.18. The fourth-order valence-corrected chi connectivity index (χ4v) is 1.83. The Hall–Kier alpha value is -1.92. The smallest absolute Gasteiger partial charge is 0.406 e. The van der Waals surface area contributed by atoms with Crippen molar-refractivity contribution in [3.8, 4) is 5.75 Å². The summed E-state index contributed by atoms with van der Waals surface area (Å²) >= 11 is 0. The van der Waals surface area contributed by atoms with E-state index in [9.17, 15) is 18.0 Å². The Morgan fingerprint density at radius 1 is 1.35 bits per heavy atom. The molecule has 1 aliphatic rings. The summed E-state index contributed by atoms with van der Waals surface area (Å²) in [4.78, 5) is 12.7. The standard InChI is InChI=1S/C13H15F3N2O2/c14-13(15,16)8-18(9-5-6-9)12(19)7-20-11-4-2-1-3-10(11)17/h1-4,9H,5-8,17H2. The Kier molecular flexibility index (Phi) is 4.06. The quantitative estimate of drug-likeness (QED) is 0.845. The number of carbonyl (C=O) groups is 1. The molecule has 4 nitrogen and oxygen atoms in total. The highest BCUT2D eigenvalue weighted by atomic mass is 19.4. The minimum Gasteiger partial charge on any atom is -0.482 e. The largest absolute Gasteiger partial charge is 0.482 e. The van der Waals surface area contributed by atoms with Gasteiger partial charge in [0, 0.05) is 6.04 Å². The lowest BCUT2D eigenvalue weighted by Crippen LogP contribution is -2.42. The molecule has 1 aliphatic carbocycles. The molecule has 20 heavy (non-hydrogen) atoms. The van der Waals surface area contributed by atoms with Crippen LogP contribution in [0.15, 0.2) is 24.3 Å². The number of benzene rings is 1. The van der Waals surface area contributed by atoms with E-state index in [-0.39, 0.29) is 6.04 Å². The van der Waals surface area contributed by atoms with Gasteiger partial charge in [-0.1, -0.05) is 12.1 Å². The SMILES string of the molecule is Nc1ccccc1OCC(=O)N(CC(F)(F)F)C1CC1. The van der Waals surface area contributed by atoms with Crippen LogP contribution in [0.1, 0.15) is 12.8 Å². The molecule has 0 atom stereocenters. The molecule has 0 aromatic heterocycles. The maximum Gasteiger partial charge on any atom is 0.406 e. The van der Waals surface area contributed by atoms with E-state index in [0.717, 1.165) is 4.90 Å². The first-order valence-electron chi connectivity index (χ1n) is 6.20. The number of ether oxygens (including phenoxy) is 1. The van der Waals surface area contributed by atoms with E-state index in [1.165, 1.54) is 0 Å². The van der Waals surface area contributed by atoms with Crippen molar-refractivity contribution in [2.45, 2.75) is 25.1 Å². The number of alkyl halides is 3. The predicted molar refractivity (Wildman–Crippen MR) is 67.1 cm³/mol. The summed E-state index contributed by atoms with van der Waals surface area (Å²) < 4.78 is 42.5. The van der Waals surface area contributed by atoms with E-state index in [1.54, 1.807) is 24.3 Å². The van der Waals surface area contributed by atoms with Gasteiger partial charge in [0.2, 0.25) is 0 Å². The van der Waals surface area contributed by atoms with Crippen molar-refractivity contribution in [3.63, 3.8) is 0 Å². The molecular weight excluding hydrogens is 273 g/mol. The summed E-state index contributed by atoms with van der Waals surface area (Å²) in [5.74, 6) is -0.378. The summed E-state index contributed by atoms with van der Waals surface area (Å²) in [5.41, 5.74) is 5.97. The lowest BCUT2D eigenvalue weighted by Gasteiger charge is -2.23. The van der Waals surface area contributed by atoms with Gasteiger partial charge in [-0.05, 0) is 25.0 Å². The predicted octanol–water partition coefficient (Wildman–Crippen LogP) is 2.20. The zero-order chi connectivity index (χ0) is 14.8. The lowest BCUT2D eigenvalue weighted by atomic mass is 10.3. The summed E-state index contributed by atoms with van der Waals surface area (Å²) in [7, 11) is 0. The number of hydrogen-bond acceptors (Lipinski definition) is 3. The fraction of sp³-hybridized carbons (Fsp3) is 0.462. The zero-order valence-electron chi connectivity index (χ0n) is 10.7. The molecule has 7 heteroatoms. The van der Waals surface area contributed by atoms with Crippen molar-refractivity contribution in [3.05, 3.63) is 24.3 Å². The third-order valence-electron chi connectivity index (χ3n) is 2.93. The molecule has 0 unspecified atom stereocenters. The molecule has 2 rings (SSSR count).